The molecule has 0 saturated heterocycles. The summed E-state index contributed by atoms with van der Waals surface area (Å²) in [6.07, 6.45) is 4.09. The molecular weight excluding hydrogens is 314 g/mol. The maximum atomic E-state index is 11.8. The number of aryl methyl sites for hydroxylation is 1. The Kier molecular flexibility index (Phi) is 6.62. The van der Waals surface area contributed by atoms with Crippen LogP contribution in [0.15, 0.2) is 36.5 Å². The first-order valence-corrected chi connectivity index (χ1v) is 8.97. The number of rotatable bonds is 8. The Balaban J connectivity index is 1.59. The van der Waals surface area contributed by atoms with Crippen LogP contribution in [-0.4, -0.2) is 29.5 Å². The van der Waals surface area contributed by atoms with Gasteiger partial charge in [0, 0.05) is 43.2 Å². The summed E-state index contributed by atoms with van der Waals surface area (Å²) in [5.41, 5.74) is 0.841. The van der Waals surface area contributed by atoms with E-state index in [9.17, 15) is 9.59 Å². The molecule has 1 aromatic heterocycles. The first kappa shape index (κ1) is 19.0. The number of hydrogen-bond donors (Lipinski definition) is 2. The first-order valence-electron chi connectivity index (χ1n) is 8.97. The van der Waals surface area contributed by atoms with Gasteiger partial charge in [0.2, 0.25) is 11.8 Å². The fourth-order valence-electron chi connectivity index (χ4n) is 2.62. The van der Waals surface area contributed by atoms with Gasteiger partial charge in [-0.1, -0.05) is 39.0 Å². The van der Waals surface area contributed by atoms with Crippen molar-refractivity contribution in [3.05, 3.63) is 36.5 Å². The molecule has 2 N–H and O–H groups in total. The summed E-state index contributed by atoms with van der Waals surface area (Å²) in [6.45, 7) is 7.73. The Morgan fingerprint density at radius 3 is 2.48 bits per heavy atom. The molecule has 0 aliphatic rings. The Morgan fingerprint density at radius 1 is 1.00 bits per heavy atom. The highest BCUT2D eigenvalue weighted by atomic mass is 16.2. The lowest BCUT2D eigenvalue weighted by Gasteiger charge is -2.17. The van der Waals surface area contributed by atoms with E-state index in [-0.39, 0.29) is 17.2 Å². The number of amides is 2. The molecule has 0 spiro atoms. The SMILES string of the molecule is CC(C)(C)C(=O)NCCCC(=O)NCCCn1ccc2ccccc21. The Morgan fingerprint density at radius 2 is 1.72 bits per heavy atom. The lowest BCUT2D eigenvalue weighted by molar-refractivity contribution is -0.128. The molecule has 2 amide bonds. The second-order valence-electron chi connectivity index (χ2n) is 7.38. The van der Waals surface area contributed by atoms with E-state index >= 15 is 0 Å². The number of benzene rings is 1. The van der Waals surface area contributed by atoms with Crippen molar-refractivity contribution in [3.8, 4) is 0 Å². The molecule has 1 heterocycles. The summed E-state index contributed by atoms with van der Waals surface area (Å²) < 4.78 is 2.21. The molecule has 0 radical (unpaired) electrons. The average molecular weight is 343 g/mol. The smallest absolute Gasteiger partial charge is 0.225 e. The highest BCUT2D eigenvalue weighted by Gasteiger charge is 2.20. The zero-order chi connectivity index (χ0) is 18.3. The van der Waals surface area contributed by atoms with Crippen LogP contribution in [0.2, 0.25) is 0 Å². The van der Waals surface area contributed by atoms with Gasteiger partial charge in [-0.2, -0.15) is 0 Å². The lowest BCUT2D eigenvalue weighted by Crippen LogP contribution is -2.35. The summed E-state index contributed by atoms with van der Waals surface area (Å²) in [6, 6.07) is 10.4. The van der Waals surface area contributed by atoms with E-state index in [2.05, 4.69) is 39.6 Å². The van der Waals surface area contributed by atoms with Crippen LogP contribution in [-0.2, 0) is 16.1 Å². The van der Waals surface area contributed by atoms with Gasteiger partial charge >= 0.3 is 0 Å². The zero-order valence-electron chi connectivity index (χ0n) is 15.5. The Labute approximate surface area is 149 Å². The summed E-state index contributed by atoms with van der Waals surface area (Å²) >= 11 is 0. The van der Waals surface area contributed by atoms with Crippen LogP contribution in [0, 0.1) is 5.41 Å². The topological polar surface area (TPSA) is 63.1 Å². The molecular formula is C20H29N3O2. The molecule has 0 fully saturated rings. The monoisotopic (exact) mass is 343 g/mol. The van der Waals surface area contributed by atoms with Crippen molar-refractivity contribution in [1.82, 2.24) is 15.2 Å². The lowest BCUT2D eigenvalue weighted by atomic mass is 9.96. The van der Waals surface area contributed by atoms with Gasteiger partial charge in [-0.25, -0.2) is 0 Å². The van der Waals surface area contributed by atoms with E-state index in [1.807, 2.05) is 32.9 Å². The minimum absolute atomic E-state index is 0.0202. The van der Waals surface area contributed by atoms with Gasteiger partial charge in [0.05, 0.1) is 0 Å². The van der Waals surface area contributed by atoms with E-state index in [4.69, 9.17) is 0 Å². The van der Waals surface area contributed by atoms with Gasteiger partial charge in [-0.3, -0.25) is 9.59 Å². The van der Waals surface area contributed by atoms with E-state index in [0.29, 0.717) is 25.9 Å². The molecule has 2 aromatic rings. The average Bonchev–Trinajstić information content (AvgIpc) is 2.98. The molecule has 136 valence electrons. The van der Waals surface area contributed by atoms with Crippen molar-refractivity contribution in [2.24, 2.45) is 5.41 Å². The molecule has 5 heteroatoms. The minimum Gasteiger partial charge on any atom is -0.356 e. The molecule has 2 rings (SSSR count). The van der Waals surface area contributed by atoms with E-state index in [1.165, 1.54) is 10.9 Å². The molecule has 1 aromatic carbocycles. The molecule has 0 atom stereocenters. The van der Waals surface area contributed by atoms with Gasteiger partial charge < -0.3 is 15.2 Å². The number of aromatic nitrogens is 1. The van der Waals surface area contributed by atoms with Crippen LogP contribution < -0.4 is 10.6 Å². The van der Waals surface area contributed by atoms with Crippen molar-refractivity contribution in [1.29, 1.82) is 0 Å². The maximum Gasteiger partial charge on any atom is 0.225 e. The van der Waals surface area contributed by atoms with Crippen molar-refractivity contribution in [3.63, 3.8) is 0 Å². The third-order valence-corrected chi connectivity index (χ3v) is 4.13. The summed E-state index contributed by atoms with van der Waals surface area (Å²) in [4.78, 5) is 23.5. The van der Waals surface area contributed by atoms with Crippen LogP contribution in [0.3, 0.4) is 0 Å². The molecule has 25 heavy (non-hydrogen) atoms. The normalized spacial score (nSPS) is 11.5. The number of hydrogen-bond acceptors (Lipinski definition) is 2. The number of fused-ring (bicyclic) bond motifs is 1. The highest BCUT2D eigenvalue weighted by molar-refractivity contribution is 5.81. The second-order valence-corrected chi connectivity index (χ2v) is 7.38. The Hall–Kier alpha value is -2.30. The third-order valence-electron chi connectivity index (χ3n) is 4.13. The summed E-state index contributed by atoms with van der Waals surface area (Å²) in [5, 5.41) is 7.04. The molecule has 0 saturated carbocycles. The molecule has 0 unspecified atom stereocenters. The number of carbonyl (C=O) groups excluding carboxylic acids is 2. The number of nitrogens with zero attached hydrogens (tertiary/aromatic N) is 1. The molecule has 0 aliphatic heterocycles. The highest BCUT2D eigenvalue weighted by Crippen LogP contribution is 2.15. The number of para-hydroxylation sites is 1. The fourth-order valence-corrected chi connectivity index (χ4v) is 2.62. The van der Waals surface area contributed by atoms with Crippen molar-refractivity contribution >= 4 is 22.7 Å². The zero-order valence-corrected chi connectivity index (χ0v) is 15.5. The second kappa shape index (κ2) is 8.70. The summed E-state index contributed by atoms with van der Waals surface area (Å²) in [5.74, 6) is 0.0641. The number of carbonyl (C=O) groups is 2. The van der Waals surface area contributed by atoms with Gasteiger partial charge in [0.25, 0.3) is 0 Å². The van der Waals surface area contributed by atoms with Crippen LogP contribution in [0.25, 0.3) is 10.9 Å². The van der Waals surface area contributed by atoms with Gasteiger partial charge in [-0.05, 0) is 30.4 Å². The van der Waals surface area contributed by atoms with Gasteiger partial charge in [-0.15, -0.1) is 0 Å². The van der Waals surface area contributed by atoms with Crippen molar-refractivity contribution in [2.75, 3.05) is 13.1 Å². The molecule has 5 nitrogen and oxygen atoms in total. The Bertz CT molecular complexity index is 713. The number of nitrogens with one attached hydrogen (secondary N) is 2. The predicted molar refractivity (Wildman–Crippen MR) is 101 cm³/mol. The van der Waals surface area contributed by atoms with Gasteiger partial charge in [0.15, 0.2) is 0 Å². The van der Waals surface area contributed by atoms with E-state index < -0.39 is 0 Å². The first-order chi connectivity index (χ1) is 11.9. The predicted octanol–water partition coefficient (Wildman–Crippen LogP) is 3.09. The fraction of sp³-hybridized carbons (Fsp3) is 0.500. The largest absolute Gasteiger partial charge is 0.356 e. The van der Waals surface area contributed by atoms with Crippen molar-refractivity contribution < 1.29 is 9.59 Å². The standard InChI is InChI=1S/C20H29N3O2/c1-20(2,3)19(25)22-12-6-10-18(24)21-13-7-14-23-15-11-16-8-4-5-9-17(16)23/h4-5,8-9,11,15H,6-7,10,12-14H2,1-3H3,(H,21,24)(H,22,25). The van der Waals surface area contributed by atoms with Crippen LogP contribution in [0.1, 0.15) is 40.0 Å². The quantitative estimate of drug-likeness (QED) is 0.724. The van der Waals surface area contributed by atoms with Gasteiger partial charge in [0.1, 0.15) is 0 Å². The van der Waals surface area contributed by atoms with Crippen LogP contribution in [0.5, 0.6) is 0 Å². The third kappa shape index (κ3) is 5.93. The van der Waals surface area contributed by atoms with Crippen LogP contribution in [0.4, 0.5) is 0 Å². The van der Waals surface area contributed by atoms with Crippen LogP contribution >= 0.6 is 0 Å². The van der Waals surface area contributed by atoms with Crippen molar-refractivity contribution in [2.45, 2.75) is 46.6 Å². The molecule has 0 aliphatic carbocycles. The van der Waals surface area contributed by atoms with E-state index in [1.54, 1.807) is 0 Å². The minimum atomic E-state index is -0.384. The summed E-state index contributed by atoms with van der Waals surface area (Å²) in [7, 11) is 0. The van der Waals surface area contributed by atoms with E-state index in [0.717, 1.165) is 13.0 Å². The maximum absolute atomic E-state index is 11.8. The molecule has 0 bridgehead atoms.